The number of alkyl halides is 1. The highest BCUT2D eigenvalue weighted by molar-refractivity contribution is 6.17. The highest BCUT2D eigenvalue weighted by atomic mass is 35.5. The monoisotopic (exact) mass is 210 g/mol. The second-order valence-corrected chi connectivity index (χ2v) is 3.48. The molecule has 0 aliphatic carbocycles. The fourth-order valence-electron chi connectivity index (χ4n) is 1.25. The van der Waals surface area contributed by atoms with E-state index in [2.05, 4.69) is 4.99 Å². The third kappa shape index (κ3) is 1.68. The van der Waals surface area contributed by atoms with Crippen LogP contribution >= 0.6 is 11.6 Å². The first-order chi connectivity index (χ1) is 6.81. The predicted octanol–water partition coefficient (Wildman–Crippen LogP) is 0.648. The van der Waals surface area contributed by atoms with Gasteiger partial charge in [0, 0.05) is 23.4 Å². The van der Waals surface area contributed by atoms with Crippen molar-refractivity contribution in [2.45, 2.75) is 6.42 Å². The number of ether oxygens (including phenoxy) is 1. The first-order valence-electron chi connectivity index (χ1n) is 4.47. The van der Waals surface area contributed by atoms with Crippen LogP contribution in [0, 0.1) is 0 Å². The Kier molecular flexibility index (Phi) is 2.59. The Morgan fingerprint density at radius 2 is 2.29 bits per heavy atom. The van der Waals surface area contributed by atoms with Crippen LogP contribution in [0.25, 0.3) is 6.20 Å². The number of anilines is 1. The topological polar surface area (TPSA) is 47.6 Å². The van der Waals surface area contributed by atoms with Gasteiger partial charge in [0.2, 0.25) is 0 Å². The SMILES string of the molecule is Nc1cc2c(cc1OCCCCl)=NC=2. The van der Waals surface area contributed by atoms with Crippen LogP contribution in [0.15, 0.2) is 17.1 Å². The maximum atomic E-state index is 5.79. The van der Waals surface area contributed by atoms with Gasteiger partial charge in [-0.15, -0.1) is 11.6 Å². The van der Waals surface area contributed by atoms with E-state index in [1.54, 1.807) is 6.20 Å². The van der Waals surface area contributed by atoms with Crippen molar-refractivity contribution in [3.8, 4) is 5.75 Å². The highest BCUT2D eigenvalue weighted by Crippen LogP contribution is 2.17. The summed E-state index contributed by atoms with van der Waals surface area (Å²) in [5, 5.41) is 2.02. The first kappa shape index (κ1) is 9.34. The quantitative estimate of drug-likeness (QED) is 0.451. The van der Waals surface area contributed by atoms with Crippen molar-refractivity contribution < 1.29 is 4.74 Å². The second-order valence-electron chi connectivity index (χ2n) is 3.10. The third-order valence-corrected chi connectivity index (χ3v) is 2.30. The summed E-state index contributed by atoms with van der Waals surface area (Å²) < 4.78 is 5.46. The highest BCUT2D eigenvalue weighted by Gasteiger charge is 2.04. The molecule has 14 heavy (non-hydrogen) atoms. The predicted molar refractivity (Wildman–Crippen MR) is 56.9 cm³/mol. The third-order valence-electron chi connectivity index (χ3n) is 2.04. The molecule has 1 heterocycles. The summed E-state index contributed by atoms with van der Waals surface area (Å²) in [6.45, 7) is 0.593. The van der Waals surface area contributed by atoms with E-state index in [1.165, 1.54) is 0 Å². The molecule has 1 aliphatic rings. The Morgan fingerprint density at radius 3 is 2.93 bits per heavy atom. The van der Waals surface area contributed by atoms with Crippen molar-refractivity contribution >= 4 is 23.5 Å². The molecule has 0 fully saturated rings. The van der Waals surface area contributed by atoms with E-state index in [4.69, 9.17) is 22.1 Å². The lowest BCUT2D eigenvalue weighted by Gasteiger charge is -2.09. The number of hydrogen-bond acceptors (Lipinski definition) is 3. The van der Waals surface area contributed by atoms with Gasteiger partial charge in [-0.1, -0.05) is 0 Å². The first-order valence-corrected chi connectivity index (χ1v) is 5.01. The molecular weight excluding hydrogens is 200 g/mol. The van der Waals surface area contributed by atoms with Crippen molar-refractivity contribution in [2.24, 2.45) is 4.99 Å². The van der Waals surface area contributed by atoms with Gasteiger partial charge >= 0.3 is 0 Å². The Morgan fingerprint density at radius 1 is 1.43 bits per heavy atom. The Bertz CT molecular complexity index is 456. The van der Waals surface area contributed by atoms with Crippen LogP contribution in [0.5, 0.6) is 5.75 Å². The van der Waals surface area contributed by atoms with Gasteiger partial charge in [-0.3, -0.25) is 4.99 Å². The molecule has 0 spiro atoms. The smallest absolute Gasteiger partial charge is 0.144 e. The molecule has 0 unspecified atom stereocenters. The van der Waals surface area contributed by atoms with E-state index >= 15 is 0 Å². The number of nitrogens with two attached hydrogens (primary N) is 1. The average Bonchev–Trinajstić information content (AvgIpc) is 2.15. The number of nitrogens with zero attached hydrogens (tertiary/aromatic N) is 1. The fourth-order valence-corrected chi connectivity index (χ4v) is 1.36. The van der Waals surface area contributed by atoms with Gasteiger partial charge < -0.3 is 10.5 Å². The maximum absolute atomic E-state index is 5.79. The van der Waals surface area contributed by atoms with Gasteiger partial charge in [-0.05, 0) is 12.5 Å². The molecule has 0 saturated heterocycles. The molecule has 74 valence electrons. The van der Waals surface area contributed by atoms with E-state index in [0.717, 1.165) is 17.0 Å². The molecule has 4 heteroatoms. The fraction of sp³-hybridized carbons (Fsp3) is 0.300. The number of benzene rings is 1. The van der Waals surface area contributed by atoms with E-state index in [0.29, 0.717) is 23.9 Å². The van der Waals surface area contributed by atoms with Crippen molar-refractivity contribution in [1.29, 1.82) is 0 Å². The number of nitrogen functional groups attached to an aromatic ring is 1. The molecule has 0 amide bonds. The largest absolute Gasteiger partial charge is 0.491 e. The molecule has 0 bridgehead atoms. The van der Waals surface area contributed by atoms with Crippen LogP contribution in [0.3, 0.4) is 0 Å². The average molecular weight is 211 g/mol. The lowest BCUT2D eigenvalue weighted by molar-refractivity contribution is 0.319. The Hall–Kier alpha value is -1.22. The van der Waals surface area contributed by atoms with E-state index < -0.39 is 0 Å². The summed E-state index contributed by atoms with van der Waals surface area (Å²) in [5.74, 6) is 1.30. The molecule has 3 nitrogen and oxygen atoms in total. The molecule has 1 aliphatic heterocycles. The van der Waals surface area contributed by atoms with Gasteiger partial charge in [-0.25, -0.2) is 0 Å². The molecule has 0 aromatic heterocycles. The minimum Gasteiger partial charge on any atom is -0.491 e. The summed E-state index contributed by atoms with van der Waals surface area (Å²) in [4.78, 5) is 4.08. The molecule has 1 aromatic rings. The van der Waals surface area contributed by atoms with E-state index in [1.807, 2.05) is 12.1 Å². The van der Waals surface area contributed by atoms with E-state index in [-0.39, 0.29) is 0 Å². The van der Waals surface area contributed by atoms with Crippen LogP contribution in [0.4, 0.5) is 5.69 Å². The number of halogens is 1. The summed E-state index contributed by atoms with van der Waals surface area (Å²) in [5.41, 5.74) is 6.44. The van der Waals surface area contributed by atoms with Gasteiger partial charge in [0.25, 0.3) is 0 Å². The van der Waals surface area contributed by atoms with Crippen LogP contribution in [-0.4, -0.2) is 12.5 Å². The molecule has 2 N–H and O–H groups in total. The zero-order valence-corrected chi connectivity index (χ0v) is 8.42. The van der Waals surface area contributed by atoms with Crippen LogP contribution in [0.1, 0.15) is 6.42 Å². The van der Waals surface area contributed by atoms with Crippen molar-refractivity contribution in [2.75, 3.05) is 18.2 Å². The number of hydrogen-bond donors (Lipinski definition) is 1. The van der Waals surface area contributed by atoms with E-state index in [9.17, 15) is 0 Å². The Balaban J connectivity index is 2.15. The summed E-state index contributed by atoms with van der Waals surface area (Å²) in [7, 11) is 0. The normalized spacial score (nSPS) is 12.1. The Labute approximate surface area is 86.8 Å². The zero-order chi connectivity index (χ0) is 9.97. The molecule has 1 aromatic carbocycles. The van der Waals surface area contributed by atoms with Crippen LogP contribution in [0.2, 0.25) is 0 Å². The number of rotatable bonds is 4. The lowest BCUT2D eigenvalue weighted by atomic mass is 10.2. The summed E-state index contributed by atoms with van der Waals surface area (Å²) in [6.07, 6.45) is 2.61. The van der Waals surface area contributed by atoms with Gasteiger partial charge in [0.05, 0.1) is 17.7 Å². The summed E-state index contributed by atoms with van der Waals surface area (Å²) in [6, 6.07) is 3.73. The van der Waals surface area contributed by atoms with Crippen molar-refractivity contribution in [3.05, 3.63) is 22.7 Å². The molecule has 0 saturated carbocycles. The maximum Gasteiger partial charge on any atom is 0.144 e. The minimum absolute atomic E-state index is 0.593. The molecule has 0 radical (unpaired) electrons. The zero-order valence-electron chi connectivity index (χ0n) is 7.66. The van der Waals surface area contributed by atoms with Gasteiger partial charge in [0.1, 0.15) is 5.75 Å². The number of fused-ring (bicyclic) bond motifs is 1. The molecular formula is C10H11ClN2O. The van der Waals surface area contributed by atoms with Gasteiger partial charge in [0.15, 0.2) is 0 Å². The van der Waals surface area contributed by atoms with Crippen LogP contribution < -0.4 is 21.0 Å². The minimum atomic E-state index is 0.593. The van der Waals surface area contributed by atoms with Crippen LogP contribution in [-0.2, 0) is 0 Å². The summed E-state index contributed by atoms with van der Waals surface area (Å²) >= 11 is 5.54. The van der Waals surface area contributed by atoms with Crippen molar-refractivity contribution in [3.63, 3.8) is 0 Å². The van der Waals surface area contributed by atoms with Gasteiger partial charge in [-0.2, -0.15) is 0 Å². The molecule has 0 atom stereocenters. The second kappa shape index (κ2) is 3.88. The van der Waals surface area contributed by atoms with Crippen molar-refractivity contribution in [1.82, 2.24) is 0 Å². The lowest BCUT2D eigenvalue weighted by Crippen LogP contribution is -2.31. The standard InChI is InChI=1S/C10H11ClN2O/c11-2-1-3-14-10-5-9-7(6-13-9)4-8(10)12/h4-6H,1-3,12H2. The molecule has 2 rings (SSSR count).